The molecule has 1 aromatic rings. The van der Waals surface area contributed by atoms with Crippen LogP contribution in [0, 0.1) is 0 Å². The molecule has 27 heavy (non-hydrogen) atoms. The smallest absolute Gasteiger partial charge is 0.338 e. The van der Waals surface area contributed by atoms with Crippen molar-refractivity contribution in [3.8, 4) is 0 Å². The van der Waals surface area contributed by atoms with Gasteiger partial charge in [-0.15, -0.1) is 0 Å². The van der Waals surface area contributed by atoms with E-state index in [4.69, 9.17) is 9.47 Å². The minimum absolute atomic E-state index is 0.190. The first kappa shape index (κ1) is 23.2. The van der Waals surface area contributed by atoms with Gasteiger partial charge in [-0.05, 0) is 38.5 Å². The third kappa shape index (κ3) is 10.8. The van der Waals surface area contributed by atoms with Crippen molar-refractivity contribution in [2.75, 3.05) is 6.61 Å². The molecule has 0 radical (unpaired) electrons. The van der Waals surface area contributed by atoms with Crippen LogP contribution < -0.4 is 0 Å². The summed E-state index contributed by atoms with van der Waals surface area (Å²) in [4.78, 5) is 24.0. The van der Waals surface area contributed by atoms with Gasteiger partial charge in [0.1, 0.15) is 0 Å². The standard InChI is InChI=1S/C23H36O4/c1-4-5-6-7-8-9-10-11-12-13-17-26-22(24)20-15-14-16-21(18-20)23(25)27-19(2)3/h14-16,18-19H,4-13,17H2,1-3H3. The van der Waals surface area contributed by atoms with Crippen LogP contribution in [0.2, 0.25) is 0 Å². The Morgan fingerprint density at radius 2 is 1.33 bits per heavy atom. The van der Waals surface area contributed by atoms with Gasteiger partial charge in [0.15, 0.2) is 0 Å². The fourth-order valence-corrected chi connectivity index (χ4v) is 2.89. The van der Waals surface area contributed by atoms with Crippen LogP contribution in [0.3, 0.4) is 0 Å². The summed E-state index contributed by atoms with van der Waals surface area (Å²) in [5.41, 5.74) is 0.761. The molecule has 0 atom stereocenters. The fourth-order valence-electron chi connectivity index (χ4n) is 2.89. The van der Waals surface area contributed by atoms with Gasteiger partial charge in [-0.1, -0.05) is 70.8 Å². The van der Waals surface area contributed by atoms with Crippen LogP contribution in [0.5, 0.6) is 0 Å². The second kappa shape index (κ2) is 14.2. The van der Waals surface area contributed by atoms with E-state index in [1.165, 1.54) is 57.4 Å². The molecule has 0 heterocycles. The number of ether oxygens (including phenoxy) is 2. The van der Waals surface area contributed by atoms with E-state index in [9.17, 15) is 9.59 Å². The highest BCUT2D eigenvalue weighted by molar-refractivity contribution is 5.95. The summed E-state index contributed by atoms with van der Waals surface area (Å²) in [6, 6.07) is 6.51. The first-order valence-corrected chi connectivity index (χ1v) is 10.5. The molecule has 0 aromatic heterocycles. The van der Waals surface area contributed by atoms with E-state index in [-0.39, 0.29) is 12.1 Å². The lowest BCUT2D eigenvalue weighted by Crippen LogP contribution is -2.13. The summed E-state index contributed by atoms with van der Waals surface area (Å²) in [6.45, 7) is 6.26. The molecule has 0 saturated carbocycles. The monoisotopic (exact) mass is 376 g/mol. The van der Waals surface area contributed by atoms with Gasteiger partial charge in [-0.25, -0.2) is 9.59 Å². The maximum Gasteiger partial charge on any atom is 0.338 e. The number of esters is 2. The maximum atomic E-state index is 12.1. The predicted octanol–water partition coefficient (Wildman–Crippen LogP) is 6.33. The molecule has 0 saturated heterocycles. The number of carbonyl (C=O) groups is 2. The lowest BCUT2D eigenvalue weighted by molar-refractivity contribution is 0.0378. The Kier molecular flexibility index (Phi) is 12.2. The molecule has 1 rings (SSSR count). The molecule has 4 nitrogen and oxygen atoms in total. The third-order valence-corrected chi connectivity index (χ3v) is 4.41. The maximum absolute atomic E-state index is 12.1. The predicted molar refractivity (Wildman–Crippen MR) is 109 cm³/mol. The molecule has 0 N–H and O–H groups in total. The quantitative estimate of drug-likeness (QED) is 0.281. The highest BCUT2D eigenvalue weighted by Gasteiger charge is 2.13. The van der Waals surface area contributed by atoms with Crippen molar-refractivity contribution in [2.45, 2.75) is 91.1 Å². The zero-order chi connectivity index (χ0) is 19.9. The van der Waals surface area contributed by atoms with Gasteiger partial charge < -0.3 is 9.47 Å². The van der Waals surface area contributed by atoms with E-state index < -0.39 is 5.97 Å². The average molecular weight is 377 g/mol. The highest BCUT2D eigenvalue weighted by atomic mass is 16.5. The van der Waals surface area contributed by atoms with Gasteiger partial charge in [0.05, 0.1) is 23.8 Å². The van der Waals surface area contributed by atoms with E-state index in [0.717, 1.165) is 12.8 Å². The van der Waals surface area contributed by atoms with Gasteiger partial charge in [0.25, 0.3) is 0 Å². The lowest BCUT2D eigenvalue weighted by Gasteiger charge is -2.09. The molecular formula is C23H36O4. The van der Waals surface area contributed by atoms with Crippen LogP contribution in [-0.2, 0) is 9.47 Å². The Morgan fingerprint density at radius 1 is 0.815 bits per heavy atom. The van der Waals surface area contributed by atoms with Crippen molar-refractivity contribution in [1.82, 2.24) is 0 Å². The lowest BCUT2D eigenvalue weighted by atomic mass is 10.1. The van der Waals surface area contributed by atoms with Gasteiger partial charge in [0, 0.05) is 0 Å². The van der Waals surface area contributed by atoms with E-state index in [0.29, 0.717) is 17.7 Å². The molecule has 0 fully saturated rings. The molecule has 0 amide bonds. The first-order chi connectivity index (χ1) is 13.0. The molecule has 0 aliphatic heterocycles. The van der Waals surface area contributed by atoms with Crippen LogP contribution in [0.15, 0.2) is 24.3 Å². The molecule has 0 unspecified atom stereocenters. The summed E-state index contributed by atoms with van der Waals surface area (Å²) in [5.74, 6) is -0.806. The molecule has 152 valence electrons. The van der Waals surface area contributed by atoms with Gasteiger partial charge in [0.2, 0.25) is 0 Å². The fraction of sp³-hybridized carbons (Fsp3) is 0.652. The van der Waals surface area contributed by atoms with Crippen molar-refractivity contribution < 1.29 is 19.1 Å². The Hall–Kier alpha value is -1.84. The normalized spacial score (nSPS) is 10.8. The minimum Gasteiger partial charge on any atom is -0.462 e. The Morgan fingerprint density at radius 3 is 1.89 bits per heavy atom. The minimum atomic E-state index is -0.422. The summed E-state index contributed by atoms with van der Waals surface area (Å²) in [7, 11) is 0. The van der Waals surface area contributed by atoms with Crippen molar-refractivity contribution in [3.05, 3.63) is 35.4 Å². The molecule has 0 bridgehead atoms. The van der Waals surface area contributed by atoms with Crippen molar-refractivity contribution in [1.29, 1.82) is 0 Å². The van der Waals surface area contributed by atoms with E-state index >= 15 is 0 Å². The number of carbonyl (C=O) groups excluding carboxylic acids is 2. The third-order valence-electron chi connectivity index (χ3n) is 4.41. The van der Waals surface area contributed by atoms with Crippen LogP contribution in [0.4, 0.5) is 0 Å². The van der Waals surface area contributed by atoms with E-state index in [1.807, 2.05) is 0 Å². The first-order valence-electron chi connectivity index (χ1n) is 10.5. The molecular weight excluding hydrogens is 340 g/mol. The average Bonchev–Trinajstić information content (AvgIpc) is 2.65. The van der Waals surface area contributed by atoms with Crippen molar-refractivity contribution in [2.24, 2.45) is 0 Å². The van der Waals surface area contributed by atoms with Crippen molar-refractivity contribution >= 4 is 11.9 Å². The van der Waals surface area contributed by atoms with Gasteiger partial charge >= 0.3 is 11.9 Å². The summed E-state index contributed by atoms with van der Waals surface area (Å²) < 4.78 is 10.5. The topological polar surface area (TPSA) is 52.6 Å². The van der Waals surface area contributed by atoms with E-state index in [1.54, 1.807) is 32.0 Å². The number of rotatable bonds is 14. The Labute approximate surface area is 164 Å². The highest BCUT2D eigenvalue weighted by Crippen LogP contribution is 2.12. The summed E-state index contributed by atoms with van der Waals surface area (Å²) in [6.07, 6.45) is 12.3. The number of hydrogen-bond donors (Lipinski definition) is 0. The zero-order valence-corrected chi connectivity index (χ0v) is 17.3. The molecule has 0 aliphatic carbocycles. The number of hydrogen-bond acceptors (Lipinski definition) is 4. The summed E-state index contributed by atoms with van der Waals surface area (Å²) in [5, 5.41) is 0. The molecule has 1 aromatic carbocycles. The van der Waals surface area contributed by atoms with Gasteiger partial charge in [-0.2, -0.15) is 0 Å². The second-order valence-electron chi connectivity index (χ2n) is 7.35. The SMILES string of the molecule is CCCCCCCCCCCCOC(=O)c1cccc(C(=O)OC(C)C)c1. The van der Waals surface area contributed by atoms with Crippen LogP contribution in [0.1, 0.15) is 106 Å². The number of unbranched alkanes of at least 4 members (excludes halogenated alkanes) is 9. The largest absolute Gasteiger partial charge is 0.462 e. The Bertz CT molecular complexity index is 551. The van der Waals surface area contributed by atoms with Crippen molar-refractivity contribution in [3.63, 3.8) is 0 Å². The zero-order valence-electron chi connectivity index (χ0n) is 17.3. The Balaban J connectivity index is 2.17. The van der Waals surface area contributed by atoms with Gasteiger partial charge in [-0.3, -0.25) is 0 Å². The molecule has 4 heteroatoms. The van der Waals surface area contributed by atoms with Crippen LogP contribution in [0.25, 0.3) is 0 Å². The second-order valence-corrected chi connectivity index (χ2v) is 7.35. The molecule has 0 spiro atoms. The van der Waals surface area contributed by atoms with E-state index in [2.05, 4.69) is 6.92 Å². The van der Waals surface area contributed by atoms with Crippen LogP contribution >= 0.6 is 0 Å². The summed E-state index contributed by atoms with van der Waals surface area (Å²) >= 11 is 0. The molecule has 0 aliphatic rings. The van der Waals surface area contributed by atoms with Crippen LogP contribution in [-0.4, -0.2) is 24.6 Å². The number of benzene rings is 1.